The average molecular weight is 362 g/mol. The number of nitrogens with zero attached hydrogens (tertiary/aromatic N) is 2. The first-order valence-corrected chi connectivity index (χ1v) is 9.24. The van der Waals surface area contributed by atoms with Crippen LogP contribution in [0, 0.1) is 0 Å². The molecule has 0 radical (unpaired) electrons. The molecular formula is C15H14N4O3S2. The van der Waals surface area contributed by atoms with E-state index in [1.54, 1.807) is 36.4 Å². The van der Waals surface area contributed by atoms with Crippen molar-refractivity contribution < 1.29 is 13.2 Å². The topological polar surface area (TPSA) is 101 Å². The molecular weight excluding hydrogens is 348 g/mol. The van der Waals surface area contributed by atoms with Gasteiger partial charge < -0.3 is 5.32 Å². The molecule has 0 aliphatic rings. The number of nitrogens with one attached hydrogen (secondary N) is 2. The van der Waals surface area contributed by atoms with Gasteiger partial charge >= 0.3 is 0 Å². The summed E-state index contributed by atoms with van der Waals surface area (Å²) in [6.45, 7) is 1.56. The molecule has 0 saturated carbocycles. The van der Waals surface area contributed by atoms with Crippen LogP contribution in [0.15, 0.2) is 47.4 Å². The smallest absolute Gasteiger partial charge is 0.243 e. The second kappa shape index (κ2) is 6.63. The molecule has 0 bridgehead atoms. The van der Waals surface area contributed by atoms with Crippen LogP contribution in [0.1, 0.15) is 12.5 Å². The first kappa shape index (κ1) is 16.5. The largest absolute Gasteiger partial charge is 0.326 e. The molecule has 2 N–H and O–H groups in total. The van der Waals surface area contributed by atoms with Crippen molar-refractivity contribution in [1.82, 2.24) is 13.5 Å². The lowest BCUT2D eigenvalue weighted by molar-refractivity contribution is -0.114. The van der Waals surface area contributed by atoms with E-state index in [0.29, 0.717) is 16.7 Å². The monoisotopic (exact) mass is 362 g/mol. The Hall–Kier alpha value is -2.36. The first-order chi connectivity index (χ1) is 11.5. The Morgan fingerprint density at radius 2 is 1.88 bits per heavy atom. The van der Waals surface area contributed by atoms with E-state index in [9.17, 15) is 13.2 Å². The Balaban J connectivity index is 1.76. The fourth-order valence-electron chi connectivity index (χ4n) is 2.16. The number of carbonyl (C=O) groups excluding carboxylic acids is 1. The van der Waals surface area contributed by atoms with Crippen LogP contribution < -0.4 is 10.0 Å². The van der Waals surface area contributed by atoms with Gasteiger partial charge in [-0.25, -0.2) is 13.1 Å². The van der Waals surface area contributed by atoms with Crippen molar-refractivity contribution >= 4 is 44.4 Å². The van der Waals surface area contributed by atoms with Gasteiger partial charge in [-0.1, -0.05) is 18.2 Å². The lowest BCUT2D eigenvalue weighted by Crippen LogP contribution is -2.23. The standard InChI is InChI=1S/C15H14N4O3S2/c1-10(20)17-12-7-5-11(6-8-12)9-16-24(21,22)14-4-2-3-13-15(14)19-23-18-13/h2-8,16H,9H2,1H3,(H,17,20). The van der Waals surface area contributed by atoms with Crippen LogP contribution in [0.5, 0.6) is 0 Å². The van der Waals surface area contributed by atoms with Gasteiger partial charge in [0.2, 0.25) is 15.9 Å². The summed E-state index contributed by atoms with van der Waals surface area (Å²) in [5, 5.41) is 2.66. The van der Waals surface area contributed by atoms with Crippen molar-refractivity contribution in [2.45, 2.75) is 18.4 Å². The molecule has 0 aliphatic carbocycles. The van der Waals surface area contributed by atoms with E-state index in [4.69, 9.17) is 0 Å². The maximum absolute atomic E-state index is 12.5. The summed E-state index contributed by atoms with van der Waals surface area (Å²) >= 11 is 0.977. The van der Waals surface area contributed by atoms with Crippen molar-refractivity contribution in [3.05, 3.63) is 48.0 Å². The number of rotatable bonds is 5. The third-order valence-electron chi connectivity index (χ3n) is 3.28. The maximum atomic E-state index is 12.5. The number of sulfonamides is 1. The fourth-order valence-corrected chi connectivity index (χ4v) is 3.95. The van der Waals surface area contributed by atoms with Crippen molar-refractivity contribution in [1.29, 1.82) is 0 Å². The van der Waals surface area contributed by atoms with E-state index < -0.39 is 10.0 Å². The van der Waals surface area contributed by atoms with Gasteiger partial charge in [0.15, 0.2) is 0 Å². The molecule has 0 saturated heterocycles. The number of aromatic nitrogens is 2. The second-order valence-corrected chi connectivity index (χ2v) is 7.35. The summed E-state index contributed by atoms with van der Waals surface area (Å²) in [5.41, 5.74) is 2.36. The predicted molar refractivity (Wildman–Crippen MR) is 92.2 cm³/mol. The van der Waals surface area contributed by atoms with E-state index in [2.05, 4.69) is 18.8 Å². The molecule has 1 heterocycles. The van der Waals surface area contributed by atoms with Gasteiger partial charge in [0.1, 0.15) is 15.9 Å². The van der Waals surface area contributed by atoms with Crippen molar-refractivity contribution in [2.75, 3.05) is 5.32 Å². The highest BCUT2D eigenvalue weighted by Crippen LogP contribution is 2.21. The molecule has 1 aromatic heterocycles. The molecule has 3 rings (SSSR count). The molecule has 2 aromatic carbocycles. The van der Waals surface area contributed by atoms with E-state index >= 15 is 0 Å². The third kappa shape index (κ3) is 3.58. The number of hydrogen-bond acceptors (Lipinski definition) is 6. The first-order valence-electron chi connectivity index (χ1n) is 7.03. The zero-order chi connectivity index (χ0) is 17.2. The lowest BCUT2D eigenvalue weighted by Gasteiger charge is -2.08. The normalized spacial score (nSPS) is 11.5. The van der Waals surface area contributed by atoms with Gasteiger partial charge in [-0.3, -0.25) is 4.79 Å². The van der Waals surface area contributed by atoms with Gasteiger partial charge in [0.05, 0.1) is 11.7 Å². The minimum Gasteiger partial charge on any atom is -0.326 e. The predicted octanol–water partition coefficient (Wildman–Crippen LogP) is 2.13. The molecule has 7 nitrogen and oxygen atoms in total. The van der Waals surface area contributed by atoms with E-state index in [0.717, 1.165) is 17.3 Å². The zero-order valence-corrected chi connectivity index (χ0v) is 14.3. The number of fused-ring (bicyclic) bond motifs is 1. The summed E-state index contributed by atoms with van der Waals surface area (Å²) in [5.74, 6) is -0.159. The maximum Gasteiger partial charge on any atom is 0.243 e. The molecule has 0 aliphatic heterocycles. The molecule has 9 heteroatoms. The van der Waals surface area contributed by atoms with Gasteiger partial charge in [-0.05, 0) is 29.8 Å². The Kier molecular flexibility index (Phi) is 4.56. The summed E-state index contributed by atoms with van der Waals surface area (Å²) in [6, 6.07) is 11.8. The Bertz CT molecular complexity index is 981. The number of amides is 1. The minimum atomic E-state index is -3.70. The van der Waals surface area contributed by atoms with Crippen LogP contribution in [-0.4, -0.2) is 23.1 Å². The number of hydrogen-bond donors (Lipinski definition) is 2. The lowest BCUT2D eigenvalue weighted by atomic mass is 10.2. The highest BCUT2D eigenvalue weighted by Gasteiger charge is 2.19. The van der Waals surface area contributed by atoms with Crippen LogP contribution in [0.4, 0.5) is 5.69 Å². The molecule has 0 atom stereocenters. The summed E-state index contributed by atoms with van der Waals surface area (Å²) in [6.07, 6.45) is 0. The Morgan fingerprint density at radius 1 is 1.12 bits per heavy atom. The average Bonchev–Trinajstić information content (AvgIpc) is 3.02. The van der Waals surface area contributed by atoms with Crippen LogP contribution in [0.25, 0.3) is 11.0 Å². The Labute approximate surface area is 143 Å². The van der Waals surface area contributed by atoms with Crippen LogP contribution in [-0.2, 0) is 21.4 Å². The third-order valence-corrected chi connectivity index (χ3v) is 5.25. The number of carbonyl (C=O) groups is 1. The highest BCUT2D eigenvalue weighted by atomic mass is 32.2. The number of anilines is 1. The Morgan fingerprint density at radius 3 is 2.58 bits per heavy atom. The van der Waals surface area contributed by atoms with Gasteiger partial charge in [-0.2, -0.15) is 8.75 Å². The molecule has 3 aromatic rings. The van der Waals surface area contributed by atoms with Gasteiger partial charge in [0, 0.05) is 19.2 Å². The summed E-state index contributed by atoms with van der Waals surface area (Å²) in [7, 11) is -3.70. The molecule has 0 spiro atoms. The van der Waals surface area contributed by atoms with E-state index in [-0.39, 0.29) is 17.3 Å². The van der Waals surface area contributed by atoms with Gasteiger partial charge in [0.25, 0.3) is 0 Å². The van der Waals surface area contributed by atoms with Crippen molar-refractivity contribution in [2.24, 2.45) is 0 Å². The van der Waals surface area contributed by atoms with E-state index in [1.807, 2.05) is 0 Å². The molecule has 0 unspecified atom stereocenters. The molecule has 1 amide bonds. The van der Waals surface area contributed by atoms with Crippen molar-refractivity contribution in [3.8, 4) is 0 Å². The fraction of sp³-hybridized carbons (Fsp3) is 0.133. The minimum absolute atomic E-state index is 0.114. The SMILES string of the molecule is CC(=O)Nc1ccc(CNS(=O)(=O)c2cccc3nsnc23)cc1. The second-order valence-electron chi connectivity index (χ2n) is 5.09. The van der Waals surface area contributed by atoms with Crippen LogP contribution in [0.3, 0.4) is 0 Å². The molecule has 24 heavy (non-hydrogen) atoms. The molecule has 0 fully saturated rings. The number of benzene rings is 2. The van der Waals surface area contributed by atoms with Crippen LogP contribution >= 0.6 is 11.7 Å². The van der Waals surface area contributed by atoms with Crippen LogP contribution in [0.2, 0.25) is 0 Å². The van der Waals surface area contributed by atoms with Crippen molar-refractivity contribution in [3.63, 3.8) is 0 Å². The summed E-state index contributed by atoms with van der Waals surface area (Å²) < 4.78 is 35.7. The quantitative estimate of drug-likeness (QED) is 0.724. The van der Waals surface area contributed by atoms with E-state index in [1.165, 1.54) is 13.0 Å². The summed E-state index contributed by atoms with van der Waals surface area (Å²) in [4.78, 5) is 11.1. The zero-order valence-electron chi connectivity index (χ0n) is 12.7. The van der Waals surface area contributed by atoms with Gasteiger partial charge in [-0.15, -0.1) is 0 Å². The molecule has 124 valence electrons. The highest BCUT2D eigenvalue weighted by molar-refractivity contribution is 7.89.